The van der Waals surface area contributed by atoms with E-state index < -0.39 is 18.2 Å². The number of nitrogens with zero attached hydrogens (tertiary/aromatic N) is 2. The number of carbonyl (C=O) groups excluding carboxylic acids is 3. The number of likely N-dealkylation sites (tertiary alicyclic amines) is 2. The topological polar surface area (TPSA) is 88.2 Å². The fourth-order valence-corrected chi connectivity index (χ4v) is 7.16. The van der Waals surface area contributed by atoms with Crippen molar-refractivity contribution >= 4 is 17.6 Å². The Morgan fingerprint density at radius 1 is 1.05 bits per heavy atom. The Balaban J connectivity index is 1.28. The average Bonchev–Trinajstić information content (AvgIpc) is 3.53. The number of benzene rings is 1. The van der Waals surface area contributed by atoms with Gasteiger partial charge in [-0.25, -0.2) is 0 Å². The lowest BCUT2D eigenvalue weighted by Gasteiger charge is -2.34. The molecule has 8 nitrogen and oxygen atoms in total. The summed E-state index contributed by atoms with van der Waals surface area (Å²) in [6, 6.07) is 6.68. The maximum absolute atomic E-state index is 14.0. The van der Waals surface area contributed by atoms with Gasteiger partial charge in [-0.05, 0) is 88.2 Å². The fraction of sp³-hybridized carbons (Fsp3) is 0.710. The molecule has 1 aliphatic carbocycles. The quantitative estimate of drug-likeness (QED) is 0.517. The highest BCUT2D eigenvalue weighted by Gasteiger charge is 2.54. The van der Waals surface area contributed by atoms with Crippen LogP contribution < -0.4 is 5.32 Å². The van der Waals surface area contributed by atoms with E-state index in [4.69, 9.17) is 9.47 Å². The highest BCUT2D eigenvalue weighted by atomic mass is 16.6. The molecule has 3 heterocycles. The largest absolute Gasteiger partial charge is 0.374 e. The van der Waals surface area contributed by atoms with Crippen LogP contribution in [0.3, 0.4) is 0 Å². The van der Waals surface area contributed by atoms with Crippen LogP contribution in [0.4, 0.5) is 0 Å². The zero-order valence-electron chi connectivity index (χ0n) is 23.6. The van der Waals surface area contributed by atoms with Gasteiger partial charge in [0.05, 0.1) is 6.54 Å². The van der Waals surface area contributed by atoms with Crippen LogP contribution in [0.15, 0.2) is 24.3 Å². The Bertz CT molecular complexity index is 1000. The number of ketones is 1. The number of amides is 2. The summed E-state index contributed by atoms with van der Waals surface area (Å²) in [6.07, 6.45) is 7.77. The second-order valence-corrected chi connectivity index (χ2v) is 11.8. The highest BCUT2D eigenvalue weighted by Crippen LogP contribution is 2.33. The lowest BCUT2D eigenvalue weighted by Crippen LogP contribution is -2.55. The summed E-state index contributed by atoms with van der Waals surface area (Å²) in [5, 5.41) is 3.11. The van der Waals surface area contributed by atoms with Crippen LogP contribution in [0.1, 0.15) is 87.1 Å². The van der Waals surface area contributed by atoms with Gasteiger partial charge in [0, 0.05) is 12.2 Å². The molecule has 2 amide bonds. The minimum atomic E-state index is -0.658. The van der Waals surface area contributed by atoms with Crippen molar-refractivity contribution in [3.63, 3.8) is 0 Å². The molecule has 4 fully saturated rings. The van der Waals surface area contributed by atoms with Gasteiger partial charge in [0.25, 0.3) is 5.91 Å². The molecular weight excluding hydrogens is 494 g/mol. The SMILES string of the molecule is CCCN1CCC(c2ccc(C(=O)N[C@H](C(=O)N3C[C@H](OCC)[C@H]4OCC(=O)[C@H]43)C3CCCCC3)cc2)CC1. The third kappa shape index (κ3) is 6.23. The van der Waals surface area contributed by atoms with Gasteiger partial charge in [-0.3, -0.25) is 14.4 Å². The minimum Gasteiger partial charge on any atom is -0.374 e. The summed E-state index contributed by atoms with van der Waals surface area (Å²) in [5.74, 6) is 0.0978. The first-order valence-corrected chi connectivity index (χ1v) is 15.2. The van der Waals surface area contributed by atoms with E-state index in [-0.39, 0.29) is 36.2 Å². The lowest BCUT2D eigenvalue weighted by atomic mass is 9.83. The third-order valence-electron chi connectivity index (χ3n) is 9.25. The van der Waals surface area contributed by atoms with Crippen LogP contribution >= 0.6 is 0 Å². The maximum Gasteiger partial charge on any atom is 0.251 e. The summed E-state index contributed by atoms with van der Waals surface area (Å²) in [7, 11) is 0. The second kappa shape index (κ2) is 12.9. The van der Waals surface area contributed by atoms with Gasteiger partial charge in [-0.15, -0.1) is 0 Å². The van der Waals surface area contributed by atoms with Crippen molar-refractivity contribution in [3.05, 3.63) is 35.4 Å². The number of Topliss-reactive ketones (excluding diaryl/α,β-unsaturated/α-hetero) is 1. The number of carbonyl (C=O) groups is 3. The van der Waals surface area contributed by atoms with Crippen molar-refractivity contribution < 1.29 is 23.9 Å². The van der Waals surface area contributed by atoms with Gasteiger partial charge >= 0.3 is 0 Å². The van der Waals surface area contributed by atoms with Crippen molar-refractivity contribution in [2.75, 3.05) is 39.4 Å². The summed E-state index contributed by atoms with van der Waals surface area (Å²) in [4.78, 5) is 44.4. The molecule has 8 heteroatoms. The minimum absolute atomic E-state index is 0.00706. The Morgan fingerprint density at radius 3 is 2.44 bits per heavy atom. The Kier molecular flexibility index (Phi) is 9.36. The molecule has 4 aliphatic rings. The van der Waals surface area contributed by atoms with Crippen molar-refractivity contribution in [1.82, 2.24) is 15.1 Å². The van der Waals surface area contributed by atoms with Crippen LogP contribution in [-0.4, -0.2) is 91.1 Å². The molecule has 1 aromatic rings. The molecule has 1 saturated carbocycles. The zero-order chi connectivity index (χ0) is 27.4. The Morgan fingerprint density at radius 2 is 1.77 bits per heavy atom. The molecule has 0 unspecified atom stereocenters. The van der Waals surface area contributed by atoms with E-state index in [1.54, 1.807) is 4.90 Å². The van der Waals surface area contributed by atoms with Crippen molar-refractivity contribution in [2.24, 2.45) is 5.92 Å². The maximum atomic E-state index is 14.0. The number of ether oxygens (including phenoxy) is 2. The number of piperidine rings is 1. The Hall–Kier alpha value is -2.29. The molecule has 0 radical (unpaired) electrons. The van der Waals surface area contributed by atoms with Gasteiger partial charge in [-0.2, -0.15) is 0 Å². The van der Waals surface area contributed by atoms with Crippen LogP contribution in [-0.2, 0) is 19.1 Å². The summed E-state index contributed by atoms with van der Waals surface area (Å²) >= 11 is 0. The average molecular weight is 540 g/mol. The smallest absolute Gasteiger partial charge is 0.251 e. The van der Waals surface area contributed by atoms with Gasteiger partial charge in [0.2, 0.25) is 5.91 Å². The molecule has 214 valence electrons. The number of hydrogen-bond acceptors (Lipinski definition) is 6. The molecule has 0 bridgehead atoms. The molecule has 3 aliphatic heterocycles. The second-order valence-electron chi connectivity index (χ2n) is 11.8. The lowest BCUT2D eigenvalue weighted by molar-refractivity contribution is -0.139. The predicted molar refractivity (Wildman–Crippen MR) is 149 cm³/mol. The number of fused-ring (bicyclic) bond motifs is 1. The van der Waals surface area contributed by atoms with Crippen molar-refractivity contribution in [2.45, 2.75) is 95.4 Å². The van der Waals surface area contributed by atoms with Crippen LogP contribution in [0.2, 0.25) is 0 Å². The van der Waals surface area contributed by atoms with Crippen molar-refractivity contribution in [1.29, 1.82) is 0 Å². The number of rotatable bonds is 9. The summed E-state index contributed by atoms with van der Waals surface area (Å²) < 4.78 is 11.6. The number of nitrogens with one attached hydrogen (secondary N) is 1. The number of hydrogen-bond donors (Lipinski definition) is 1. The molecule has 5 rings (SSSR count). The Labute approximate surface area is 232 Å². The van der Waals surface area contributed by atoms with E-state index >= 15 is 0 Å². The monoisotopic (exact) mass is 539 g/mol. The third-order valence-corrected chi connectivity index (χ3v) is 9.25. The zero-order valence-corrected chi connectivity index (χ0v) is 23.6. The van der Waals surface area contributed by atoms with Crippen molar-refractivity contribution in [3.8, 4) is 0 Å². The van der Waals surface area contributed by atoms with Gasteiger partial charge in [-0.1, -0.05) is 38.3 Å². The normalized spacial score (nSPS) is 27.5. The van der Waals surface area contributed by atoms with Crippen LogP contribution in [0.25, 0.3) is 0 Å². The summed E-state index contributed by atoms with van der Waals surface area (Å²) in [5.41, 5.74) is 1.86. The molecule has 4 atom stereocenters. The van der Waals surface area contributed by atoms with Crippen LogP contribution in [0, 0.1) is 5.92 Å². The molecule has 39 heavy (non-hydrogen) atoms. The van der Waals surface area contributed by atoms with E-state index in [1.807, 2.05) is 19.1 Å². The van der Waals surface area contributed by atoms with Gasteiger partial charge in [0.1, 0.15) is 30.9 Å². The van der Waals surface area contributed by atoms with E-state index in [0.717, 1.165) is 58.0 Å². The van der Waals surface area contributed by atoms with Gasteiger partial charge in [0.15, 0.2) is 5.78 Å². The van der Waals surface area contributed by atoms with Gasteiger partial charge < -0.3 is 24.6 Å². The van der Waals surface area contributed by atoms with E-state index in [2.05, 4.69) is 29.3 Å². The van der Waals surface area contributed by atoms with E-state index in [0.29, 0.717) is 24.6 Å². The fourth-order valence-electron chi connectivity index (χ4n) is 7.16. The molecular formula is C31H45N3O5. The molecule has 1 aromatic carbocycles. The van der Waals surface area contributed by atoms with Crippen LogP contribution in [0.5, 0.6) is 0 Å². The predicted octanol–water partition coefficient (Wildman–Crippen LogP) is 3.54. The highest BCUT2D eigenvalue weighted by molar-refractivity contribution is 5.99. The van der Waals surface area contributed by atoms with E-state index in [9.17, 15) is 14.4 Å². The molecule has 0 aromatic heterocycles. The summed E-state index contributed by atoms with van der Waals surface area (Å²) in [6.45, 7) is 8.37. The molecule has 1 N–H and O–H groups in total. The molecule has 0 spiro atoms. The standard InChI is InChI=1S/C31H45N3O5/c1-3-16-33-17-14-22(15-18-33)21-10-12-24(13-11-21)30(36)32-27(23-8-6-5-7-9-23)31(37)34-19-26(38-4-2)29-28(34)25(35)20-39-29/h10-13,22-23,26-29H,3-9,14-20H2,1-2H3,(H,32,36)/t26-,27-,28+,29+/m0/s1. The first-order valence-electron chi connectivity index (χ1n) is 15.2. The van der Waals surface area contributed by atoms with E-state index in [1.165, 1.54) is 18.5 Å². The first kappa shape index (κ1) is 28.2. The first-order chi connectivity index (χ1) is 19.0. The molecule has 3 saturated heterocycles.